The van der Waals surface area contributed by atoms with Crippen molar-refractivity contribution in [2.45, 2.75) is 19.9 Å². The summed E-state index contributed by atoms with van der Waals surface area (Å²) in [6, 6.07) is 9.85. The average molecular weight is 326 g/mol. The van der Waals surface area contributed by atoms with Crippen LogP contribution in [0.5, 0.6) is 0 Å². The number of hydrogen-bond acceptors (Lipinski definition) is 4. The number of aryl methyl sites for hydroxylation is 1. The van der Waals surface area contributed by atoms with Crippen LogP contribution in [0.15, 0.2) is 36.5 Å². The van der Waals surface area contributed by atoms with Gasteiger partial charge in [0.2, 0.25) is 0 Å². The molecule has 1 aromatic carbocycles. The summed E-state index contributed by atoms with van der Waals surface area (Å²) in [6.07, 6.45) is 2.82. The highest BCUT2D eigenvalue weighted by Crippen LogP contribution is 2.26. The Morgan fingerprint density at radius 2 is 1.88 bits per heavy atom. The molecule has 24 heavy (non-hydrogen) atoms. The SMILES string of the molecule is Cc1nnc(-c2cnn(-c3ccccc3)c2N)n1CCC[NH+](C)C. The van der Waals surface area contributed by atoms with E-state index in [0.717, 1.165) is 42.4 Å². The summed E-state index contributed by atoms with van der Waals surface area (Å²) in [7, 11) is 4.31. The van der Waals surface area contributed by atoms with Gasteiger partial charge in [0.25, 0.3) is 0 Å². The molecule has 0 aliphatic rings. The monoisotopic (exact) mass is 326 g/mol. The van der Waals surface area contributed by atoms with Crippen LogP contribution in [0.3, 0.4) is 0 Å². The molecule has 7 heteroatoms. The number of hydrogen-bond donors (Lipinski definition) is 2. The first kappa shape index (κ1) is 16.2. The lowest BCUT2D eigenvalue weighted by Gasteiger charge is -2.10. The van der Waals surface area contributed by atoms with E-state index in [2.05, 4.69) is 34.0 Å². The van der Waals surface area contributed by atoms with E-state index < -0.39 is 0 Å². The number of rotatable bonds is 6. The minimum Gasteiger partial charge on any atom is -0.383 e. The molecule has 3 N–H and O–H groups in total. The van der Waals surface area contributed by atoms with Crippen molar-refractivity contribution in [2.24, 2.45) is 0 Å². The van der Waals surface area contributed by atoms with Gasteiger partial charge in [-0.1, -0.05) is 18.2 Å². The second kappa shape index (κ2) is 6.84. The summed E-state index contributed by atoms with van der Waals surface area (Å²) in [5.41, 5.74) is 8.08. The number of anilines is 1. The molecule has 0 radical (unpaired) electrons. The number of nitrogens with one attached hydrogen (secondary N) is 1. The molecule has 0 saturated heterocycles. The van der Waals surface area contributed by atoms with Crippen molar-refractivity contribution in [3.8, 4) is 17.1 Å². The fourth-order valence-corrected chi connectivity index (χ4v) is 2.74. The van der Waals surface area contributed by atoms with E-state index in [1.165, 1.54) is 4.90 Å². The highest BCUT2D eigenvalue weighted by atomic mass is 15.3. The Bertz CT molecular complexity index is 802. The van der Waals surface area contributed by atoms with Gasteiger partial charge in [0, 0.05) is 13.0 Å². The summed E-state index contributed by atoms with van der Waals surface area (Å²) in [5.74, 6) is 2.25. The molecule has 0 amide bonds. The molecular formula is C17H24N7+. The smallest absolute Gasteiger partial charge is 0.169 e. The molecule has 2 aromatic heterocycles. The molecule has 0 saturated carbocycles. The summed E-state index contributed by atoms with van der Waals surface area (Å²) in [6.45, 7) is 3.93. The third-order valence-electron chi connectivity index (χ3n) is 4.04. The van der Waals surface area contributed by atoms with E-state index in [9.17, 15) is 0 Å². The molecular weight excluding hydrogens is 302 g/mol. The lowest BCUT2D eigenvalue weighted by molar-refractivity contribution is -0.858. The summed E-state index contributed by atoms with van der Waals surface area (Å²) in [4.78, 5) is 1.43. The molecule has 126 valence electrons. The van der Waals surface area contributed by atoms with Gasteiger partial charge < -0.3 is 15.2 Å². The number of quaternary nitrogens is 1. The maximum absolute atomic E-state index is 6.34. The first-order valence-corrected chi connectivity index (χ1v) is 8.16. The van der Waals surface area contributed by atoms with Crippen molar-refractivity contribution in [1.82, 2.24) is 24.5 Å². The molecule has 3 rings (SSSR count). The Morgan fingerprint density at radius 3 is 2.58 bits per heavy atom. The van der Waals surface area contributed by atoms with Gasteiger partial charge in [-0.05, 0) is 19.1 Å². The second-order valence-corrected chi connectivity index (χ2v) is 6.22. The van der Waals surface area contributed by atoms with Crippen LogP contribution in [0.4, 0.5) is 5.82 Å². The van der Waals surface area contributed by atoms with E-state index in [-0.39, 0.29) is 0 Å². The van der Waals surface area contributed by atoms with Gasteiger partial charge in [0.05, 0.1) is 38.1 Å². The number of para-hydroxylation sites is 1. The molecule has 7 nitrogen and oxygen atoms in total. The van der Waals surface area contributed by atoms with Crippen LogP contribution in [0.25, 0.3) is 17.1 Å². The van der Waals surface area contributed by atoms with E-state index in [1.807, 2.05) is 37.3 Å². The van der Waals surface area contributed by atoms with Crippen LogP contribution in [-0.2, 0) is 6.54 Å². The largest absolute Gasteiger partial charge is 0.383 e. The maximum atomic E-state index is 6.34. The predicted molar refractivity (Wildman–Crippen MR) is 94.0 cm³/mol. The topological polar surface area (TPSA) is 79.0 Å². The van der Waals surface area contributed by atoms with E-state index in [0.29, 0.717) is 5.82 Å². The van der Waals surface area contributed by atoms with E-state index >= 15 is 0 Å². The summed E-state index contributed by atoms with van der Waals surface area (Å²) >= 11 is 0. The second-order valence-electron chi connectivity index (χ2n) is 6.22. The Hall–Kier alpha value is -2.67. The highest BCUT2D eigenvalue weighted by Gasteiger charge is 2.18. The Labute approximate surface area is 141 Å². The number of aromatic nitrogens is 5. The minimum absolute atomic E-state index is 0.577. The molecule has 2 heterocycles. The number of nitrogens with two attached hydrogens (primary N) is 1. The summed E-state index contributed by atoms with van der Waals surface area (Å²) < 4.78 is 3.85. The first-order valence-electron chi connectivity index (χ1n) is 8.16. The van der Waals surface area contributed by atoms with Gasteiger partial charge in [-0.25, -0.2) is 4.68 Å². The number of nitrogens with zero attached hydrogens (tertiary/aromatic N) is 5. The lowest BCUT2D eigenvalue weighted by atomic mass is 10.2. The van der Waals surface area contributed by atoms with Crippen molar-refractivity contribution in [2.75, 3.05) is 26.4 Å². The zero-order chi connectivity index (χ0) is 17.1. The van der Waals surface area contributed by atoms with Gasteiger partial charge in [-0.3, -0.25) is 0 Å². The fourth-order valence-electron chi connectivity index (χ4n) is 2.74. The van der Waals surface area contributed by atoms with Crippen LogP contribution in [0.1, 0.15) is 12.2 Å². The zero-order valence-corrected chi connectivity index (χ0v) is 14.4. The predicted octanol–water partition coefficient (Wildman–Crippen LogP) is 0.556. The van der Waals surface area contributed by atoms with Crippen molar-refractivity contribution in [3.63, 3.8) is 0 Å². The molecule has 0 unspecified atom stereocenters. The molecule has 0 aliphatic heterocycles. The van der Waals surface area contributed by atoms with Crippen molar-refractivity contribution >= 4 is 5.82 Å². The van der Waals surface area contributed by atoms with Crippen LogP contribution < -0.4 is 10.6 Å². The van der Waals surface area contributed by atoms with Crippen LogP contribution in [-0.4, -0.2) is 45.2 Å². The van der Waals surface area contributed by atoms with Gasteiger partial charge in [-0.15, -0.1) is 10.2 Å². The molecule has 0 fully saturated rings. The van der Waals surface area contributed by atoms with Crippen molar-refractivity contribution in [3.05, 3.63) is 42.4 Å². The number of benzene rings is 1. The van der Waals surface area contributed by atoms with Crippen molar-refractivity contribution < 1.29 is 4.90 Å². The zero-order valence-electron chi connectivity index (χ0n) is 14.4. The van der Waals surface area contributed by atoms with Gasteiger partial charge in [-0.2, -0.15) is 5.10 Å². The molecule has 0 aliphatic carbocycles. The van der Waals surface area contributed by atoms with Crippen molar-refractivity contribution in [1.29, 1.82) is 0 Å². The average Bonchev–Trinajstić information content (AvgIpc) is 3.11. The van der Waals surface area contributed by atoms with E-state index in [4.69, 9.17) is 5.73 Å². The van der Waals surface area contributed by atoms with Crippen LogP contribution >= 0.6 is 0 Å². The lowest BCUT2D eigenvalue weighted by Crippen LogP contribution is -3.05. The molecule has 0 bridgehead atoms. The Kier molecular flexibility index (Phi) is 4.61. The number of nitrogen functional groups attached to an aromatic ring is 1. The summed E-state index contributed by atoms with van der Waals surface area (Å²) in [5, 5.41) is 13.0. The van der Waals surface area contributed by atoms with Crippen LogP contribution in [0.2, 0.25) is 0 Å². The molecule has 0 atom stereocenters. The first-order chi connectivity index (χ1) is 11.6. The van der Waals surface area contributed by atoms with E-state index in [1.54, 1.807) is 10.9 Å². The molecule has 0 spiro atoms. The minimum atomic E-state index is 0.577. The van der Waals surface area contributed by atoms with Gasteiger partial charge in [0.15, 0.2) is 5.82 Å². The third kappa shape index (κ3) is 3.16. The third-order valence-corrected chi connectivity index (χ3v) is 4.04. The highest BCUT2D eigenvalue weighted by molar-refractivity contribution is 5.69. The molecule has 3 aromatic rings. The Morgan fingerprint density at radius 1 is 1.12 bits per heavy atom. The quantitative estimate of drug-likeness (QED) is 0.694. The fraction of sp³-hybridized carbons (Fsp3) is 0.353. The standard InChI is InChI=1S/C17H23N7/c1-13-20-21-17(23(13)11-7-10-22(2)3)15-12-19-24(16(15)18)14-8-5-4-6-9-14/h4-6,8-9,12H,7,10-11,18H2,1-3H3/p+1. The maximum Gasteiger partial charge on any atom is 0.169 e. The van der Waals surface area contributed by atoms with Gasteiger partial charge in [0.1, 0.15) is 11.6 Å². The normalized spacial score (nSPS) is 11.3. The van der Waals surface area contributed by atoms with Crippen LogP contribution in [0, 0.1) is 6.92 Å². The Balaban J connectivity index is 1.92. The van der Waals surface area contributed by atoms with Gasteiger partial charge >= 0.3 is 0 Å².